The molecule has 0 aromatic carbocycles. The zero-order valence-corrected chi connectivity index (χ0v) is 22.1. The van der Waals surface area contributed by atoms with E-state index in [-0.39, 0.29) is 26.4 Å². The molecule has 0 atom stereocenters. The molecule has 0 aliphatic rings. The number of hydrogen-bond donors (Lipinski definition) is 0. The zero-order valence-electron chi connectivity index (χ0n) is 19.5. The smallest absolute Gasteiger partial charge is 0.429 e. The van der Waals surface area contributed by atoms with Gasteiger partial charge in [0, 0.05) is 0 Å². The molecule has 0 heterocycles. The van der Waals surface area contributed by atoms with Gasteiger partial charge in [0.15, 0.2) is 0 Å². The molecule has 17 heteroatoms. The average Bonchev–Trinajstić information content (AvgIpc) is 2.70. The molecule has 0 saturated heterocycles. The van der Waals surface area contributed by atoms with Gasteiger partial charge in [0.1, 0.15) is 5.60 Å². The van der Waals surface area contributed by atoms with Crippen LogP contribution in [-0.4, -0.2) is 48.5 Å². The lowest BCUT2D eigenvalue weighted by molar-refractivity contribution is -0.283. The van der Waals surface area contributed by atoms with Gasteiger partial charge in [-0.2, -0.15) is 0 Å². The first-order valence-corrected chi connectivity index (χ1v) is 13.3. The maximum atomic E-state index is 13.9. The molecule has 0 aliphatic carbocycles. The van der Waals surface area contributed by atoms with Crippen LogP contribution in [0.25, 0.3) is 0 Å². The number of ether oxygens (including phenoxy) is 2. The molecule has 14 nitrogen and oxygen atoms in total. The summed E-state index contributed by atoms with van der Waals surface area (Å²) in [4.78, 5) is 43.4. The Labute approximate surface area is 197 Å². The third-order valence-corrected chi connectivity index (χ3v) is 7.96. The summed E-state index contributed by atoms with van der Waals surface area (Å²) in [6, 6.07) is 0. The van der Waals surface area contributed by atoms with Crippen LogP contribution in [0.4, 0.5) is 4.79 Å². The van der Waals surface area contributed by atoms with Crippen molar-refractivity contribution in [3.63, 3.8) is 0 Å². The predicted molar refractivity (Wildman–Crippen MR) is 112 cm³/mol. The average molecular weight is 545 g/mol. The Morgan fingerprint density at radius 1 is 0.697 bits per heavy atom. The zero-order chi connectivity index (χ0) is 25.8. The fraction of sp³-hybridized carbons (Fsp3) is 0.875. The van der Waals surface area contributed by atoms with Crippen LogP contribution >= 0.6 is 26.8 Å². The third kappa shape index (κ3) is 9.87. The van der Waals surface area contributed by atoms with Crippen molar-refractivity contribution >= 4 is 38.2 Å². The maximum Gasteiger partial charge on any atom is 0.510 e. The molecular weight excluding hydrogens is 514 g/mol. The molecule has 0 radical (unpaired) electrons. The van der Waals surface area contributed by atoms with Crippen molar-refractivity contribution in [2.45, 2.75) is 65.6 Å². The van der Waals surface area contributed by atoms with Gasteiger partial charge in [-0.1, -0.05) is 0 Å². The minimum atomic E-state index is -5.31. The fourth-order valence-electron chi connectivity index (χ4n) is 1.82. The Morgan fingerprint density at radius 3 is 1.27 bits per heavy atom. The van der Waals surface area contributed by atoms with Crippen LogP contribution in [0.1, 0.15) is 54.9 Å². The predicted octanol–water partition coefficient (Wildman–Crippen LogP) is 5.01. The molecule has 0 saturated carbocycles. The Balaban J connectivity index is 7.06. The van der Waals surface area contributed by atoms with Crippen LogP contribution in [0.15, 0.2) is 0 Å². The van der Waals surface area contributed by atoms with E-state index in [0.29, 0.717) is 0 Å². The molecule has 0 aromatic rings. The molecule has 0 spiro atoms. The number of rotatable bonds is 17. The SMILES string of the molecule is CCOOP(=O)(OOCC)C(CC(=O)Cl)(OC(=O)OC(C)(C)C)P(=O)(OOCC)OOCC. The normalized spacial score (nSPS) is 13.1. The highest BCUT2D eigenvalue weighted by Crippen LogP contribution is 2.80. The van der Waals surface area contributed by atoms with Gasteiger partial charge >= 0.3 is 26.4 Å². The summed E-state index contributed by atoms with van der Waals surface area (Å²) in [5.74, 6) is 0. The molecule has 0 bridgehead atoms. The maximum absolute atomic E-state index is 13.9. The summed E-state index contributed by atoms with van der Waals surface area (Å²) in [5.41, 5.74) is -1.15. The molecule has 0 fully saturated rings. The minimum absolute atomic E-state index is 0.222. The number of hydrogen-bond acceptors (Lipinski definition) is 14. The summed E-state index contributed by atoms with van der Waals surface area (Å²) < 4.78 is 57.2. The Morgan fingerprint density at radius 2 is 1.03 bits per heavy atom. The van der Waals surface area contributed by atoms with Gasteiger partial charge in [0.2, 0.25) is 5.24 Å². The van der Waals surface area contributed by atoms with Gasteiger partial charge < -0.3 is 9.47 Å². The second-order valence-electron chi connectivity index (χ2n) is 6.76. The molecular formula is C16H31ClO14P2. The molecule has 0 rings (SSSR count). The van der Waals surface area contributed by atoms with Crippen molar-refractivity contribution in [3.05, 3.63) is 0 Å². The lowest BCUT2D eigenvalue weighted by Crippen LogP contribution is -2.41. The molecule has 33 heavy (non-hydrogen) atoms. The minimum Gasteiger partial charge on any atom is -0.429 e. The van der Waals surface area contributed by atoms with Crippen LogP contribution in [-0.2, 0) is 61.6 Å². The van der Waals surface area contributed by atoms with E-state index in [9.17, 15) is 18.7 Å². The van der Waals surface area contributed by atoms with Crippen molar-refractivity contribution in [2.24, 2.45) is 0 Å². The first-order chi connectivity index (χ1) is 15.3. The topological polar surface area (TPSA) is 161 Å². The first-order valence-electron chi connectivity index (χ1n) is 9.81. The lowest BCUT2D eigenvalue weighted by Gasteiger charge is -2.37. The van der Waals surface area contributed by atoms with E-state index in [2.05, 4.69) is 0 Å². The molecule has 0 amide bonds. The Bertz CT molecular complexity index is 652. The molecule has 0 N–H and O–H groups in total. The third-order valence-electron chi connectivity index (χ3n) is 2.94. The van der Waals surface area contributed by atoms with E-state index >= 15 is 0 Å². The van der Waals surface area contributed by atoms with Gasteiger partial charge in [0.05, 0.1) is 32.8 Å². The highest BCUT2D eigenvalue weighted by Gasteiger charge is 2.74. The number of carbonyl (C=O) groups excluding carboxylic acids is 2. The van der Waals surface area contributed by atoms with Crippen LogP contribution in [0.2, 0.25) is 0 Å². The highest BCUT2D eigenvalue weighted by atomic mass is 35.5. The highest BCUT2D eigenvalue weighted by molar-refractivity contribution is 7.73. The van der Waals surface area contributed by atoms with Crippen LogP contribution < -0.4 is 0 Å². The molecule has 0 aromatic heterocycles. The van der Waals surface area contributed by atoms with Gasteiger partial charge in [0.25, 0.3) is 0 Å². The Kier molecular flexibility index (Phi) is 14.4. The molecule has 0 unspecified atom stereocenters. The van der Waals surface area contributed by atoms with E-state index in [1.807, 2.05) is 0 Å². The Hall–Kier alpha value is -0.630. The van der Waals surface area contributed by atoms with Crippen molar-refractivity contribution in [1.29, 1.82) is 0 Å². The monoisotopic (exact) mass is 544 g/mol. The lowest BCUT2D eigenvalue weighted by atomic mass is 10.2. The molecule has 196 valence electrons. The summed E-state index contributed by atoms with van der Waals surface area (Å²) in [7, 11) is -10.6. The van der Waals surface area contributed by atoms with Crippen molar-refractivity contribution in [1.82, 2.24) is 0 Å². The van der Waals surface area contributed by atoms with Gasteiger partial charge in [-0.25, -0.2) is 33.5 Å². The standard InChI is InChI=1S/C16H31ClO14P2/c1-8-22-28-32(20,29-23-9-2)16(12-13(17)18,27-14(19)26-15(5,6)7)33(21,30-24-10-3)31-25-11-4/h8-12H2,1-7H3. The van der Waals surface area contributed by atoms with E-state index in [0.717, 1.165) is 0 Å². The van der Waals surface area contributed by atoms with Crippen LogP contribution in [0.5, 0.6) is 0 Å². The largest absolute Gasteiger partial charge is 0.510 e. The number of carbonyl (C=O) groups is 2. The summed E-state index contributed by atoms with van der Waals surface area (Å²) in [6.45, 7) is 9.26. The van der Waals surface area contributed by atoms with Crippen molar-refractivity contribution < 1.29 is 66.4 Å². The summed E-state index contributed by atoms with van der Waals surface area (Å²) >= 11 is 5.53. The van der Waals surface area contributed by atoms with Gasteiger partial charge in [-0.3, -0.25) is 4.79 Å². The van der Waals surface area contributed by atoms with Crippen LogP contribution in [0.3, 0.4) is 0 Å². The fourth-order valence-corrected chi connectivity index (χ4v) is 6.34. The van der Waals surface area contributed by atoms with Crippen molar-refractivity contribution in [2.75, 3.05) is 26.4 Å². The van der Waals surface area contributed by atoms with E-state index < -0.39 is 43.7 Å². The summed E-state index contributed by atoms with van der Waals surface area (Å²) in [5, 5.41) is -4.64. The van der Waals surface area contributed by atoms with Gasteiger partial charge in [-0.05, 0) is 60.1 Å². The second kappa shape index (κ2) is 14.7. The van der Waals surface area contributed by atoms with Gasteiger partial charge in [-0.15, -0.1) is 18.7 Å². The number of halogens is 1. The summed E-state index contributed by atoms with van der Waals surface area (Å²) in [6.07, 6.45) is -2.91. The first kappa shape index (κ1) is 32.4. The molecule has 0 aliphatic heterocycles. The van der Waals surface area contributed by atoms with E-state index in [1.165, 1.54) is 48.5 Å². The van der Waals surface area contributed by atoms with Crippen LogP contribution in [0, 0.1) is 0 Å². The van der Waals surface area contributed by atoms with E-state index in [1.54, 1.807) is 0 Å². The quantitative estimate of drug-likeness (QED) is 0.0789. The van der Waals surface area contributed by atoms with E-state index in [4.69, 9.17) is 59.3 Å². The van der Waals surface area contributed by atoms with Crippen molar-refractivity contribution in [3.8, 4) is 0 Å². The second-order valence-corrected chi connectivity index (χ2v) is 11.6.